The lowest BCUT2D eigenvalue weighted by Crippen LogP contribution is -2.06. The molecule has 0 unspecified atom stereocenters. The first-order chi connectivity index (χ1) is 7.09. The maximum absolute atomic E-state index is 11.9. The second-order valence-corrected chi connectivity index (χ2v) is 4.30. The van der Waals surface area contributed by atoms with Gasteiger partial charge in [-0.1, -0.05) is 23.7 Å². The molecule has 0 fully saturated rings. The van der Waals surface area contributed by atoms with Crippen LogP contribution in [0, 0.1) is 0 Å². The Hall–Kier alpha value is -1.28. The Morgan fingerprint density at radius 1 is 1.40 bits per heavy atom. The lowest BCUT2D eigenvalue weighted by atomic mass is 10.1. The van der Waals surface area contributed by atoms with Gasteiger partial charge in [-0.15, -0.1) is 0 Å². The van der Waals surface area contributed by atoms with Gasteiger partial charge in [0, 0.05) is 42.9 Å². The van der Waals surface area contributed by atoms with Crippen LogP contribution in [0.4, 0.5) is 0 Å². The predicted molar refractivity (Wildman–Crippen MR) is 61.3 cm³/mol. The summed E-state index contributed by atoms with van der Waals surface area (Å²) in [4.78, 5) is 13.8. The highest BCUT2D eigenvalue weighted by molar-refractivity contribution is 6.32. The molecule has 0 aromatic heterocycles. The number of nitrogens with zero attached hydrogens (tertiary/aromatic N) is 1. The van der Waals surface area contributed by atoms with E-state index in [1.165, 1.54) is 0 Å². The Morgan fingerprint density at radius 2 is 2.13 bits per heavy atom. The van der Waals surface area contributed by atoms with Crippen molar-refractivity contribution < 1.29 is 4.79 Å². The van der Waals surface area contributed by atoms with Gasteiger partial charge in [-0.3, -0.25) is 4.79 Å². The molecule has 0 saturated carbocycles. The molecular weight excluding hydrogens is 210 g/mol. The van der Waals surface area contributed by atoms with Crippen molar-refractivity contribution in [2.45, 2.75) is 6.42 Å². The van der Waals surface area contributed by atoms with E-state index in [4.69, 9.17) is 11.6 Å². The number of carbonyl (C=O) groups excluding carboxylic acids is 1. The van der Waals surface area contributed by atoms with E-state index in [-0.39, 0.29) is 5.78 Å². The summed E-state index contributed by atoms with van der Waals surface area (Å²) >= 11 is 6.04. The summed E-state index contributed by atoms with van der Waals surface area (Å²) in [7, 11) is 3.82. The van der Waals surface area contributed by atoms with E-state index in [1.54, 1.807) is 0 Å². The van der Waals surface area contributed by atoms with Crippen LogP contribution < -0.4 is 0 Å². The average Bonchev–Trinajstić information content (AvgIpc) is 2.46. The van der Waals surface area contributed by atoms with Gasteiger partial charge < -0.3 is 4.90 Å². The van der Waals surface area contributed by atoms with Crippen LogP contribution >= 0.6 is 11.6 Å². The van der Waals surface area contributed by atoms with Gasteiger partial charge >= 0.3 is 0 Å². The molecule has 0 bridgehead atoms. The summed E-state index contributed by atoms with van der Waals surface area (Å²) in [5.74, 6) is 0.0983. The van der Waals surface area contributed by atoms with E-state index in [0.717, 1.165) is 16.7 Å². The first-order valence-electron chi connectivity index (χ1n) is 4.79. The Bertz CT molecular complexity index is 449. The van der Waals surface area contributed by atoms with Crippen LogP contribution in [0.3, 0.4) is 0 Å². The lowest BCUT2D eigenvalue weighted by Gasteiger charge is -2.05. The van der Waals surface area contributed by atoms with Crippen LogP contribution in [0.15, 0.2) is 30.0 Å². The van der Waals surface area contributed by atoms with E-state index < -0.39 is 0 Å². The molecule has 0 aliphatic heterocycles. The third-order valence-electron chi connectivity index (χ3n) is 2.44. The third kappa shape index (κ3) is 1.77. The summed E-state index contributed by atoms with van der Waals surface area (Å²) in [5, 5.41) is 0.683. The van der Waals surface area contributed by atoms with Crippen molar-refractivity contribution in [1.82, 2.24) is 4.90 Å². The fraction of sp³-hybridized carbons (Fsp3) is 0.250. The zero-order chi connectivity index (χ0) is 11.0. The van der Waals surface area contributed by atoms with E-state index in [0.29, 0.717) is 11.4 Å². The highest BCUT2D eigenvalue weighted by atomic mass is 35.5. The number of rotatable bonds is 1. The van der Waals surface area contributed by atoms with Crippen molar-refractivity contribution in [3.8, 4) is 0 Å². The standard InChI is InChI=1S/C12H12ClNO/c1-14(2)7-8-6-10-9(12(8)15)4-3-5-11(10)13/h3-5,7H,6H2,1-2H3. The number of fused-ring (bicyclic) bond motifs is 1. The number of halogens is 1. The lowest BCUT2D eigenvalue weighted by molar-refractivity contribution is 0.103. The summed E-state index contributed by atoms with van der Waals surface area (Å²) in [6.07, 6.45) is 2.50. The van der Waals surface area contributed by atoms with E-state index >= 15 is 0 Å². The molecule has 1 aromatic rings. The SMILES string of the molecule is CN(C)C=C1Cc2c(Cl)cccc2C1=O. The minimum atomic E-state index is 0.0983. The Balaban J connectivity index is 2.46. The van der Waals surface area contributed by atoms with Crippen molar-refractivity contribution in [2.75, 3.05) is 14.1 Å². The maximum atomic E-state index is 11.9. The van der Waals surface area contributed by atoms with E-state index in [1.807, 2.05) is 43.4 Å². The summed E-state index contributed by atoms with van der Waals surface area (Å²) in [6, 6.07) is 5.48. The Kier molecular flexibility index (Phi) is 2.53. The number of benzene rings is 1. The van der Waals surface area contributed by atoms with Crippen LogP contribution in [0.5, 0.6) is 0 Å². The van der Waals surface area contributed by atoms with Gasteiger partial charge in [-0.2, -0.15) is 0 Å². The third-order valence-corrected chi connectivity index (χ3v) is 2.79. The zero-order valence-corrected chi connectivity index (χ0v) is 9.51. The highest BCUT2D eigenvalue weighted by Crippen LogP contribution is 2.31. The zero-order valence-electron chi connectivity index (χ0n) is 8.75. The molecule has 0 amide bonds. The Morgan fingerprint density at radius 3 is 2.73 bits per heavy atom. The maximum Gasteiger partial charge on any atom is 0.191 e. The van der Waals surface area contributed by atoms with Gasteiger partial charge in [0.15, 0.2) is 5.78 Å². The molecule has 3 heteroatoms. The minimum Gasteiger partial charge on any atom is -0.383 e. The van der Waals surface area contributed by atoms with Crippen LogP contribution in [-0.4, -0.2) is 24.8 Å². The largest absolute Gasteiger partial charge is 0.383 e. The number of ketones is 1. The molecule has 0 spiro atoms. The number of Topliss-reactive ketones (excluding diaryl/α,β-unsaturated/α-hetero) is 1. The quantitative estimate of drug-likeness (QED) is 0.680. The molecule has 0 N–H and O–H groups in total. The molecule has 2 nitrogen and oxygen atoms in total. The van der Waals surface area contributed by atoms with Crippen molar-refractivity contribution in [3.63, 3.8) is 0 Å². The predicted octanol–water partition coefficient (Wildman–Crippen LogP) is 2.52. The molecule has 0 radical (unpaired) electrons. The fourth-order valence-electron chi connectivity index (χ4n) is 1.81. The molecule has 0 saturated heterocycles. The molecule has 1 aliphatic carbocycles. The molecule has 0 heterocycles. The van der Waals surface area contributed by atoms with Crippen LogP contribution in [0.2, 0.25) is 5.02 Å². The number of hydrogen-bond acceptors (Lipinski definition) is 2. The van der Waals surface area contributed by atoms with Gasteiger partial charge in [-0.25, -0.2) is 0 Å². The first-order valence-corrected chi connectivity index (χ1v) is 5.16. The fourth-order valence-corrected chi connectivity index (χ4v) is 2.05. The molecule has 1 aromatic carbocycles. The van der Waals surface area contributed by atoms with E-state index in [2.05, 4.69) is 0 Å². The molecule has 78 valence electrons. The normalized spacial score (nSPS) is 17.0. The second-order valence-electron chi connectivity index (χ2n) is 3.89. The van der Waals surface area contributed by atoms with Gasteiger partial charge in [0.05, 0.1) is 0 Å². The monoisotopic (exact) mass is 221 g/mol. The minimum absolute atomic E-state index is 0.0983. The number of hydrogen-bond donors (Lipinski definition) is 0. The molecule has 0 atom stereocenters. The smallest absolute Gasteiger partial charge is 0.191 e. The molecule has 1 aliphatic rings. The van der Waals surface area contributed by atoms with Crippen LogP contribution in [0.25, 0.3) is 0 Å². The molecule has 2 rings (SSSR count). The number of carbonyl (C=O) groups is 1. The van der Waals surface area contributed by atoms with Crippen LogP contribution in [-0.2, 0) is 6.42 Å². The average molecular weight is 222 g/mol. The van der Waals surface area contributed by atoms with Gasteiger partial charge in [0.2, 0.25) is 0 Å². The summed E-state index contributed by atoms with van der Waals surface area (Å²) in [6.45, 7) is 0. The summed E-state index contributed by atoms with van der Waals surface area (Å²) in [5.41, 5.74) is 2.51. The molecule has 15 heavy (non-hydrogen) atoms. The van der Waals surface area contributed by atoms with Gasteiger partial charge in [-0.05, 0) is 11.6 Å². The topological polar surface area (TPSA) is 20.3 Å². The highest BCUT2D eigenvalue weighted by Gasteiger charge is 2.26. The van der Waals surface area contributed by atoms with Gasteiger partial charge in [0.1, 0.15) is 0 Å². The summed E-state index contributed by atoms with van der Waals surface area (Å²) < 4.78 is 0. The van der Waals surface area contributed by atoms with Crippen molar-refractivity contribution >= 4 is 17.4 Å². The second kappa shape index (κ2) is 3.70. The van der Waals surface area contributed by atoms with Crippen LogP contribution in [0.1, 0.15) is 15.9 Å². The Labute approximate surface area is 94.2 Å². The van der Waals surface area contributed by atoms with E-state index in [9.17, 15) is 4.79 Å². The van der Waals surface area contributed by atoms with Crippen molar-refractivity contribution in [1.29, 1.82) is 0 Å². The first kappa shape index (κ1) is 10.2. The number of allylic oxidation sites excluding steroid dienone is 1. The van der Waals surface area contributed by atoms with Crippen molar-refractivity contribution in [3.05, 3.63) is 46.1 Å². The molecular formula is C12H12ClNO. The van der Waals surface area contributed by atoms with Crippen molar-refractivity contribution in [2.24, 2.45) is 0 Å². The van der Waals surface area contributed by atoms with Gasteiger partial charge in [0.25, 0.3) is 0 Å².